The predicted octanol–water partition coefficient (Wildman–Crippen LogP) is 4.58. The van der Waals surface area contributed by atoms with Crippen molar-refractivity contribution >= 4 is 46.6 Å². The average molecular weight is 476 g/mol. The van der Waals surface area contributed by atoms with E-state index < -0.39 is 11.9 Å². The fraction of sp³-hybridized carbons (Fsp3) is 0.375. The molecule has 0 aliphatic carbocycles. The van der Waals surface area contributed by atoms with Crippen LogP contribution in [0, 0.1) is 5.92 Å². The van der Waals surface area contributed by atoms with Crippen molar-refractivity contribution in [3.63, 3.8) is 0 Å². The molecule has 32 heavy (non-hydrogen) atoms. The van der Waals surface area contributed by atoms with Crippen LogP contribution in [0.3, 0.4) is 0 Å². The van der Waals surface area contributed by atoms with Gasteiger partial charge < -0.3 is 15.5 Å². The quantitative estimate of drug-likeness (QED) is 0.586. The molecule has 3 rings (SSSR count). The Morgan fingerprint density at radius 3 is 2.41 bits per heavy atom. The maximum absolute atomic E-state index is 12.8. The van der Waals surface area contributed by atoms with Gasteiger partial charge in [-0.2, -0.15) is 0 Å². The molecule has 1 aliphatic heterocycles. The third-order valence-corrected chi connectivity index (χ3v) is 5.84. The molecule has 6 nitrogen and oxygen atoms in total. The van der Waals surface area contributed by atoms with Crippen molar-refractivity contribution in [1.29, 1.82) is 0 Å². The molecule has 1 saturated heterocycles. The van der Waals surface area contributed by atoms with Crippen LogP contribution in [0.15, 0.2) is 42.5 Å². The molecule has 170 valence electrons. The molecule has 1 unspecified atom stereocenters. The topological polar surface area (TPSA) is 78.5 Å². The van der Waals surface area contributed by atoms with Gasteiger partial charge in [0.15, 0.2) is 0 Å². The fourth-order valence-corrected chi connectivity index (χ4v) is 4.13. The maximum Gasteiger partial charge on any atom is 0.253 e. The number of carbonyl (C=O) groups is 3. The van der Waals surface area contributed by atoms with E-state index in [0.29, 0.717) is 24.4 Å². The Bertz CT molecular complexity index is 992. The first kappa shape index (κ1) is 24.1. The summed E-state index contributed by atoms with van der Waals surface area (Å²) in [5.74, 6) is -0.355. The van der Waals surface area contributed by atoms with Gasteiger partial charge in [-0.05, 0) is 54.7 Å². The van der Waals surface area contributed by atoms with Gasteiger partial charge in [0.05, 0.1) is 10.6 Å². The lowest BCUT2D eigenvalue weighted by Gasteiger charge is -2.21. The number of benzene rings is 2. The SMILES string of the molecule is CC(C)CC(NC(=O)c1ccc(Cl)cc1Cl)C(=O)NCc1ccc(N2CCCC2=O)cc1. The molecule has 0 bridgehead atoms. The van der Waals surface area contributed by atoms with Crippen molar-refractivity contribution in [3.8, 4) is 0 Å². The lowest BCUT2D eigenvalue weighted by Crippen LogP contribution is -2.47. The Balaban J connectivity index is 1.61. The summed E-state index contributed by atoms with van der Waals surface area (Å²) in [5, 5.41) is 6.35. The van der Waals surface area contributed by atoms with E-state index in [0.717, 1.165) is 24.2 Å². The highest BCUT2D eigenvalue weighted by atomic mass is 35.5. The van der Waals surface area contributed by atoms with Gasteiger partial charge in [0.1, 0.15) is 6.04 Å². The second-order valence-corrected chi connectivity index (χ2v) is 9.16. The first-order valence-electron chi connectivity index (χ1n) is 10.7. The number of rotatable bonds is 8. The summed E-state index contributed by atoms with van der Waals surface area (Å²) in [6, 6.07) is 11.5. The van der Waals surface area contributed by atoms with Gasteiger partial charge >= 0.3 is 0 Å². The zero-order valence-corrected chi connectivity index (χ0v) is 19.7. The summed E-state index contributed by atoms with van der Waals surface area (Å²) in [5.41, 5.74) is 2.04. The van der Waals surface area contributed by atoms with E-state index in [9.17, 15) is 14.4 Å². The summed E-state index contributed by atoms with van der Waals surface area (Å²) in [6.07, 6.45) is 1.95. The van der Waals surface area contributed by atoms with Crippen molar-refractivity contribution < 1.29 is 14.4 Å². The predicted molar refractivity (Wildman–Crippen MR) is 127 cm³/mol. The lowest BCUT2D eigenvalue weighted by atomic mass is 10.0. The number of anilines is 1. The third kappa shape index (κ3) is 6.24. The second-order valence-electron chi connectivity index (χ2n) is 8.31. The Kier molecular flexibility index (Phi) is 8.15. The average Bonchev–Trinajstić information content (AvgIpc) is 3.17. The Hall–Kier alpha value is -2.57. The highest BCUT2D eigenvalue weighted by Gasteiger charge is 2.24. The molecule has 0 aromatic heterocycles. The van der Waals surface area contributed by atoms with Crippen LogP contribution in [-0.4, -0.2) is 30.3 Å². The Morgan fingerprint density at radius 1 is 1.09 bits per heavy atom. The van der Waals surface area contributed by atoms with Crippen LogP contribution in [0.2, 0.25) is 10.0 Å². The summed E-state index contributed by atoms with van der Waals surface area (Å²) < 4.78 is 0. The van der Waals surface area contributed by atoms with Gasteiger partial charge in [-0.1, -0.05) is 49.2 Å². The monoisotopic (exact) mass is 475 g/mol. The Morgan fingerprint density at radius 2 is 1.81 bits per heavy atom. The molecule has 0 spiro atoms. The van der Waals surface area contributed by atoms with Crippen molar-refractivity contribution in [2.75, 3.05) is 11.4 Å². The normalized spacial score (nSPS) is 14.5. The molecular formula is C24H27Cl2N3O3. The van der Waals surface area contributed by atoms with E-state index in [1.54, 1.807) is 11.0 Å². The van der Waals surface area contributed by atoms with E-state index in [2.05, 4.69) is 10.6 Å². The molecule has 2 aromatic carbocycles. The molecule has 1 aliphatic rings. The van der Waals surface area contributed by atoms with Crippen LogP contribution in [0.25, 0.3) is 0 Å². The van der Waals surface area contributed by atoms with E-state index in [1.807, 2.05) is 38.1 Å². The summed E-state index contributed by atoms with van der Waals surface area (Å²) in [4.78, 5) is 39.2. The van der Waals surface area contributed by atoms with Crippen LogP contribution in [0.5, 0.6) is 0 Å². The van der Waals surface area contributed by atoms with Crippen LogP contribution in [-0.2, 0) is 16.1 Å². The van der Waals surface area contributed by atoms with E-state index in [4.69, 9.17) is 23.2 Å². The number of carbonyl (C=O) groups excluding carboxylic acids is 3. The second kappa shape index (κ2) is 10.8. The molecule has 0 saturated carbocycles. The minimum absolute atomic E-state index is 0.138. The van der Waals surface area contributed by atoms with Crippen molar-refractivity contribution in [1.82, 2.24) is 10.6 Å². The third-order valence-electron chi connectivity index (χ3n) is 5.29. The smallest absolute Gasteiger partial charge is 0.253 e. The number of nitrogens with one attached hydrogen (secondary N) is 2. The number of nitrogens with zero attached hydrogens (tertiary/aromatic N) is 1. The van der Waals surface area contributed by atoms with Gasteiger partial charge in [-0.15, -0.1) is 0 Å². The zero-order valence-electron chi connectivity index (χ0n) is 18.2. The minimum atomic E-state index is -0.698. The summed E-state index contributed by atoms with van der Waals surface area (Å²) in [7, 11) is 0. The van der Waals surface area contributed by atoms with Gasteiger partial charge in [-0.25, -0.2) is 0 Å². The van der Waals surface area contributed by atoms with Gasteiger partial charge in [0.25, 0.3) is 5.91 Å². The van der Waals surface area contributed by atoms with Gasteiger partial charge in [0.2, 0.25) is 11.8 Å². The van der Waals surface area contributed by atoms with Crippen LogP contribution in [0.1, 0.15) is 49.0 Å². The number of halogens is 2. The fourth-order valence-electron chi connectivity index (χ4n) is 3.64. The lowest BCUT2D eigenvalue weighted by molar-refractivity contribution is -0.123. The Labute approximate surface area is 198 Å². The summed E-state index contributed by atoms with van der Waals surface area (Å²) >= 11 is 12.0. The molecule has 1 fully saturated rings. The molecule has 1 atom stereocenters. The largest absolute Gasteiger partial charge is 0.350 e. The molecule has 3 amide bonds. The molecular weight excluding hydrogens is 449 g/mol. The van der Waals surface area contributed by atoms with Crippen LogP contribution < -0.4 is 15.5 Å². The van der Waals surface area contributed by atoms with Crippen LogP contribution >= 0.6 is 23.2 Å². The molecule has 2 N–H and O–H groups in total. The minimum Gasteiger partial charge on any atom is -0.350 e. The highest BCUT2D eigenvalue weighted by Crippen LogP contribution is 2.22. The first-order chi connectivity index (χ1) is 15.2. The number of hydrogen-bond donors (Lipinski definition) is 2. The maximum atomic E-state index is 12.8. The standard InChI is InChI=1S/C24H27Cl2N3O3/c1-15(2)12-21(28-23(31)19-10-7-17(25)13-20(19)26)24(32)27-14-16-5-8-18(9-6-16)29-11-3-4-22(29)30/h5-10,13,15,21H,3-4,11-12,14H2,1-2H3,(H,27,32)(H,28,31). The summed E-state index contributed by atoms with van der Waals surface area (Å²) in [6.45, 7) is 5.03. The van der Waals surface area contributed by atoms with Gasteiger partial charge in [-0.3, -0.25) is 14.4 Å². The zero-order chi connectivity index (χ0) is 23.3. The molecule has 2 aromatic rings. The van der Waals surface area contributed by atoms with Crippen molar-refractivity contribution in [2.24, 2.45) is 5.92 Å². The first-order valence-corrected chi connectivity index (χ1v) is 11.4. The molecule has 0 radical (unpaired) electrons. The van der Waals surface area contributed by atoms with Gasteiger partial charge in [0, 0.05) is 30.2 Å². The molecule has 8 heteroatoms. The number of hydrogen-bond acceptors (Lipinski definition) is 3. The van der Waals surface area contributed by atoms with E-state index in [1.165, 1.54) is 12.1 Å². The highest BCUT2D eigenvalue weighted by molar-refractivity contribution is 6.36. The molecule has 1 heterocycles. The van der Waals surface area contributed by atoms with Crippen molar-refractivity contribution in [2.45, 2.75) is 45.7 Å². The van der Waals surface area contributed by atoms with E-state index in [-0.39, 0.29) is 28.3 Å². The van der Waals surface area contributed by atoms with E-state index >= 15 is 0 Å². The number of amides is 3. The van der Waals surface area contributed by atoms with Crippen molar-refractivity contribution in [3.05, 3.63) is 63.6 Å². The van der Waals surface area contributed by atoms with Crippen LogP contribution in [0.4, 0.5) is 5.69 Å².